The molecule has 1 atom stereocenters. The van der Waals surface area contributed by atoms with E-state index in [-0.39, 0.29) is 44.4 Å². The number of benzene rings is 2. The zero-order valence-corrected chi connectivity index (χ0v) is 20.2. The molecule has 0 N–H and O–H groups in total. The van der Waals surface area contributed by atoms with Gasteiger partial charge in [0, 0.05) is 31.9 Å². The molecule has 2 amide bonds. The second kappa shape index (κ2) is 8.94. The third-order valence-corrected chi connectivity index (χ3v) is 7.21. The van der Waals surface area contributed by atoms with Crippen molar-refractivity contribution in [3.8, 4) is 0 Å². The lowest BCUT2D eigenvalue weighted by atomic mass is 9.96. The van der Waals surface area contributed by atoms with Crippen molar-refractivity contribution >= 4 is 46.0 Å². The summed E-state index contributed by atoms with van der Waals surface area (Å²) in [4.78, 5) is 47.7. The quantitative estimate of drug-likeness (QED) is 0.484. The molecular weight excluding hydrogens is 470 g/mol. The maximum absolute atomic E-state index is 13.8. The maximum Gasteiger partial charge on any atom is 0.354 e. The molecule has 180 valence electrons. The number of aryl methyl sites for hydroxylation is 1. The Hall–Kier alpha value is -3.49. The van der Waals surface area contributed by atoms with Crippen molar-refractivity contribution in [1.82, 2.24) is 9.88 Å². The number of fused-ring (bicyclic) bond motifs is 4. The van der Waals surface area contributed by atoms with Crippen LogP contribution in [0.4, 0.5) is 5.69 Å². The number of pyridine rings is 1. The number of aromatic nitrogens is 1. The van der Waals surface area contributed by atoms with Crippen molar-refractivity contribution < 1.29 is 23.9 Å². The molecule has 2 aliphatic rings. The molecule has 9 heteroatoms. The number of anilines is 1. The number of rotatable bonds is 6. The van der Waals surface area contributed by atoms with Crippen LogP contribution < -0.4 is 4.90 Å². The number of amides is 2. The summed E-state index contributed by atoms with van der Waals surface area (Å²) in [6.45, 7) is 2.01. The summed E-state index contributed by atoms with van der Waals surface area (Å²) in [6, 6.07) is 14.4. The lowest BCUT2D eigenvalue weighted by Crippen LogP contribution is -2.68. The number of carbonyl (C=O) groups excluding carboxylic acids is 3. The zero-order valence-electron chi connectivity index (χ0n) is 19.4. The Morgan fingerprint density at radius 1 is 1.14 bits per heavy atom. The van der Waals surface area contributed by atoms with E-state index >= 15 is 0 Å². The number of halogens is 1. The van der Waals surface area contributed by atoms with Gasteiger partial charge in [0.15, 0.2) is 0 Å². The van der Waals surface area contributed by atoms with E-state index in [1.807, 2.05) is 31.2 Å². The number of carbonyl (C=O) groups is 3. The van der Waals surface area contributed by atoms with E-state index in [9.17, 15) is 14.4 Å². The predicted octanol–water partition coefficient (Wildman–Crippen LogP) is 3.87. The highest BCUT2D eigenvalue weighted by Gasteiger charge is 2.61. The van der Waals surface area contributed by atoms with Crippen LogP contribution >= 0.6 is 11.6 Å². The van der Waals surface area contributed by atoms with E-state index in [1.165, 1.54) is 16.9 Å². The molecule has 3 heterocycles. The number of methoxy groups -OCH3 is 1. The zero-order chi connectivity index (χ0) is 24.7. The van der Waals surface area contributed by atoms with Crippen LogP contribution in [0.2, 0.25) is 5.02 Å². The number of nitrogens with zero attached hydrogens (tertiary/aromatic N) is 3. The molecule has 2 aliphatic heterocycles. The third-order valence-electron chi connectivity index (χ3n) is 6.71. The van der Waals surface area contributed by atoms with E-state index in [2.05, 4.69) is 4.98 Å². The number of para-hydroxylation sites is 2. The van der Waals surface area contributed by atoms with Gasteiger partial charge >= 0.3 is 5.97 Å². The summed E-state index contributed by atoms with van der Waals surface area (Å²) in [5, 5.41) is 1.33. The molecule has 2 aromatic carbocycles. The van der Waals surface area contributed by atoms with Crippen molar-refractivity contribution in [2.45, 2.75) is 32.0 Å². The van der Waals surface area contributed by atoms with Crippen LogP contribution in [0.5, 0.6) is 0 Å². The second-order valence-electron chi connectivity index (χ2n) is 8.60. The van der Waals surface area contributed by atoms with E-state index < -0.39 is 11.6 Å². The Kier molecular flexibility index (Phi) is 5.94. The van der Waals surface area contributed by atoms with E-state index in [4.69, 9.17) is 21.1 Å². The fourth-order valence-corrected chi connectivity index (χ4v) is 5.20. The maximum atomic E-state index is 13.8. The van der Waals surface area contributed by atoms with Gasteiger partial charge in [0.2, 0.25) is 11.6 Å². The largest absolute Gasteiger partial charge is 0.456 e. The van der Waals surface area contributed by atoms with Crippen LogP contribution in [-0.4, -0.2) is 53.6 Å². The summed E-state index contributed by atoms with van der Waals surface area (Å²) >= 11 is 6.56. The molecule has 0 aliphatic carbocycles. The standard InChI is InChI=1S/C26H24ClN3O5/c1-16-17-7-3-5-9-19(17)28-20(23(16)27)15-35-25(33)26-12-11-22(31)30(26)21-10-6-4-8-18(21)24(32)29(26)13-14-34-2/h3-10H,11-15H2,1-2H3/t26-/m0/s1. The van der Waals surface area contributed by atoms with Crippen LogP contribution in [0.1, 0.15) is 34.5 Å². The van der Waals surface area contributed by atoms with Crippen molar-refractivity contribution in [2.75, 3.05) is 25.2 Å². The van der Waals surface area contributed by atoms with Crippen LogP contribution in [0, 0.1) is 6.92 Å². The minimum Gasteiger partial charge on any atom is -0.456 e. The fraction of sp³-hybridized carbons (Fsp3) is 0.308. The first-order chi connectivity index (χ1) is 16.9. The summed E-state index contributed by atoms with van der Waals surface area (Å²) in [7, 11) is 1.51. The van der Waals surface area contributed by atoms with Crippen molar-refractivity contribution in [3.63, 3.8) is 0 Å². The number of esters is 1. The van der Waals surface area contributed by atoms with E-state index in [1.54, 1.807) is 24.3 Å². The Labute approximate surface area is 207 Å². The minimum absolute atomic E-state index is 0.105. The van der Waals surface area contributed by atoms with Gasteiger partial charge in [-0.1, -0.05) is 41.9 Å². The van der Waals surface area contributed by atoms with Gasteiger partial charge in [-0.15, -0.1) is 0 Å². The van der Waals surface area contributed by atoms with E-state index in [0.717, 1.165) is 16.5 Å². The SMILES string of the molecule is COCCN1C(=O)c2ccccc2N2C(=O)CC[C@]12C(=O)OCc1nc2ccccc2c(C)c1Cl. The Bertz CT molecular complexity index is 1360. The van der Waals surface area contributed by atoms with Crippen LogP contribution in [0.25, 0.3) is 10.9 Å². The molecule has 8 nitrogen and oxygen atoms in total. The number of hydrogen-bond acceptors (Lipinski definition) is 6. The monoisotopic (exact) mass is 493 g/mol. The van der Waals surface area contributed by atoms with Crippen LogP contribution in [0.3, 0.4) is 0 Å². The highest BCUT2D eigenvalue weighted by Crippen LogP contribution is 2.45. The smallest absolute Gasteiger partial charge is 0.354 e. The fourth-order valence-electron chi connectivity index (χ4n) is 5.00. The summed E-state index contributed by atoms with van der Waals surface area (Å²) in [6.07, 6.45) is 0.223. The molecule has 1 aromatic heterocycles. The molecule has 3 aromatic rings. The molecule has 0 saturated carbocycles. The molecule has 5 rings (SSSR count). The summed E-state index contributed by atoms with van der Waals surface area (Å²) < 4.78 is 11.0. The van der Waals surface area contributed by atoms with Crippen molar-refractivity contribution in [3.05, 3.63) is 70.4 Å². The van der Waals surface area contributed by atoms with Gasteiger partial charge in [-0.05, 0) is 30.7 Å². The molecule has 1 fully saturated rings. The van der Waals surface area contributed by atoms with Gasteiger partial charge in [-0.25, -0.2) is 9.78 Å². The first kappa shape index (κ1) is 23.3. The van der Waals surface area contributed by atoms with Crippen molar-refractivity contribution in [2.24, 2.45) is 0 Å². The minimum atomic E-state index is -1.60. The summed E-state index contributed by atoms with van der Waals surface area (Å²) in [5.74, 6) is -1.30. The van der Waals surface area contributed by atoms with Gasteiger partial charge in [0.25, 0.3) is 5.91 Å². The lowest BCUT2D eigenvalue weighted by molar-refractivity contribution is -0.159. The first-order valence-electron chi connectivity index (χ1n) is 11.3. The lowest BCUT2D eigenvalue weighted by Gasteiger charge is -2.48. The molecule has 35 heavy (non-hydrogen) atoms. The normalized spacial score (nSPS) is 19.2. The average Bonchev–Trinajstić information content (AvgIpc) is 3.23. The molecule has 0 radical (unpaired) electrons. The van der Waals surface area contributed by atoms with Crippen LogP contribution in [0.15, 0.2) is 48.5 Å². The Morgan fingerprint density at radius 2 is 1.89 bits per heavy atom. The number of ether oxygens (including phenoxy) is 2. The highest BCUT2D eigenvalue weighted by molar-refractivity contribution is 6.32. The topological polar surface area (TPSA) is 89.0 Å². The van der Waals surface area contributed by atoms with Crippen LogP contribution in [-0.2, 0) is 25.7 Å². The van der Waals surface area contributed by atoms with Gasteiger partial charge in [0.1, 0.15) is 6.61 Å². The van der Waals surface area contributed by atoms with Gasteiger partial charge in [0.05, 0.1) is 34.1 Å². The first-order valence-corrected chi connectivity index (χ1v) is 11.7. The Balaban J connectivity index is 1.53. The van der Waals surface area contributed by atoms with Gasteiger partial charge in [-0.3, -0.25) is 14.5 Å². The molecular formula is C26H24ClN3O5. The summed E-state index contributed by atoms with van der Waals surface area (Å²) in [5.41, 5.74) is 1.15. The molecule has 0 unspecified atom stereocenters. The van der Waals surface area contributed by atoms with E-state index in [0.29, 0.717) is 22.0 Å². The molecule has 0 spiro atoms. The molecule has 0 bridgehead atoms. The predicted molar refractivity (Wildman–Crippen MR) is 130 cm³/mol. The van der Waals surface area contributed by atoms with Gasteiger partial charge < -0.3 is 14.4 Å². The van der Waals surface area contributed by atoms with Crippen molar-refractivity contribution in [1.29, 1.82) is 0 Å². The second-order valence-corrected chi connectivity index (χ2v) is 8.98. The third kappa shape index (κ3) is 3.56. The highest BCUT2D eigenvalue weighted by atomic mass is 35.5. The number of hydrogen-bond donors (Lipinski definition) is 0. The Morgan fingerprint density at radius 3 is 2.69 bits per heavy atom. The molecule has 1 saturated heterocycles. The average molecular weight is 494 g/mol. The van der Waals surface area contributed by atoms with Gasteiger partial charge in [-0.2, -0.15) is 0 Å².